The molecule has 0 heterocycles. The molecule has 9 rings (SSSR count). The zero-order chi connectivity index (χ0) is 43.2. The molecule has 0 saturated heterocycles. The van der Waals surface area contributed by atoms with Crippen LogP contribution < -0.4 is 13.6 Å². The second-order valence-corrected chi connectivity index (χ2v) is 17.0. The van der Waals surface area contributed by atoms with Crippen LogP contribution in [0, 0.1) is 0 Å². The van der Waals surface area contributed by atoms with Crippen LogP contribution >= 0.6 is 8.60 Å². The average molecular weight is 851 g/mol. The van der Waals surface area contributed by atoms with E-state index in [1.807, 2.05) is 36.4 Å². The van der Waals surface area contributed by atoms with E-state index in [4.69, 9.17) is 13.6 Å². The maximum atomic E-state index is 7.11. The van der Waals surface area contributed by atoms with Gasteiger partial charge in [-0.25, -0.2) is 0 Å². The quantitative estimate of drug-likeness (QED) is 0.0805. The molecule has 9 aromatic rings. The first kappa shape index (κ1) is 42.1. The molecular weight excluding hydrogens is 800 g/mol. The van der Waals surface area contributed by atoms with Crippen LogP contribution in [0.15, 0.2) is 255 Å². The van der Waals surface area contributed by atoms with Gasteiger partial charge < -0.3 is 13.6 Å². The van der Waals surface area contributed by atoms with Gasteiger partial charge in [0.15, 0.2) is 0 Å². The lowest BCUT2D eigenvalue weighted by Gasteiger charge is -2.25. The second-order valence-electron chi connectivity index (χ2n) is 16.1. The molecule has 0 radical (unpaired) electrons. The van der Waals surface area contributed by atoms with Crippen LogP contribution in [0.4, 0.5) is 0 Å². The minimum absolute atomic E-state index is 0.113. The van der Waals surface area contributed by atoms with E-state index in [0.29, 0.717) is 0 Å². The van der Waals surface area contributed by atoms with Crippen molar-refractivity contribution in [3.8, 4) is 17.2 Å². The Labute approximate surface area is 379 Å². The Balaban J connectivity index is 1.08. The number of hydrogen-bond donors (Lipinski definition) is 0. The van der Waals surface area contributed by atoms with Gasteiger partial charge in [-0.05, 0) is 87.5 Å². The predicted octanol–water partition coefficient (Wildman–Crippen LogP) is 15.6. The fourth-order valence-electron chi connectivity index (χ4n) is 8.64. The highest BCUT2D eigenvalue weighted by Crippen LogP contribution is 2.47. The summed E-state index contributed by atoms with van der Waals surface area (Å²) in [4.78, 5) is 0. The van der Waals surface area contributed by atoms with Crippen LogP contribution in [0.25, 0.3) is 0 Å². The van der Waals surface area contributed by atoms with E-state index in [9.17, 15) is 0 Å². The largest absolute Gasteiger partial charge is 0.530 e. The van der Waals surface area contributed by atoms with E-state index in [2.05, 4.69) is 218 Å². The Morgan fingerprint density at radius 2 is 0.422 bits per heavy atom. The molecule has 0 unspecified atom stereocenters. The predicted molar refractivity (Wildman–Crippen MR) is 263 cm³/mol. The molecule has 0 amide bonds. The maximum Gasteiger partial charge on any atom is 0.530 e. The lowest BCUT2D eigenvalue weighted by atomic mass is 9.86. The number of rotatable bonds is 18. The summed E-state index contributed by atoms with van der Waals surface area (Å²) in [5.74, 6) is 2.54. The number of benzene rings is 9. The first-order valence-electron chi connectivity index (χ1n) is 22.1. The SMILES string of the molecule is c1ccc(C(Cc2ccccc2OP(Oc2ccccc2CC(c2ccccc2)c2ccccc2)Oc2ccccc2CC(c2ccccc2)c2ccccc2)c2ccccc2)cc1. The Bertz CT molecular complexity index is 2360. The van der Waals surface area contributed by atoms with Crippen molar-refractivity contribution in [1.82, 2.24) is 0 Å². The van der Waals surface area contributed by atoms with Crippen LogP contribution in [0.3, 0.4) is 0 Å². The highest BCUT2D eigenvalue weighted by Gasteiger charge is 2.27. The van der Waals surface area contributed by atoms with Gasteiger partial charge in [-0.15, -0.1) is 0 Å². The second kappa shape index (κ2) is 21.3. The summed E-state index contributed by atoms with van der Waals surface area (Å²) in [5, 5.41) is 0. The summed E-state index contributed by atoms with van der Waals surface area (Å²) in [5.41, 5.74) is 10.7. The number of para-hydroxylation sites is 3. The molecule has 0 atom stereocenters. The summed E-state index contributed by atoms with van der Waals surface area (Å²) in [6.07, 6.45) is 2.19. The highest BCUT2D eigenvalue weighted by atomic mass is 31.2. The molecule has 0 aliphatic carbocycles. The third-order valence-electron chi connectivity index (χ3n) is 11.9. The molecule has 0 aromatic heterocycles. The van der Waals surface area contributed by atoms with Crippen molar-refractivity contribution in [3.63, 3.8) is 0 Å². The summed E-state index contributed by atoms with van der Waals surface area (Å²) < 4.78 is 21.3. The molecule has 0 aliphatic heterocycles. The summed E-state index contributed by atoms with van der Waals surface area (Å²) in [7, 11) is -2.04. The molecule has 64 heavy (non-hydrogen) atoms. The van der Waals surface area contributed by atoms with Crippen LogP contribution in [0.5, 0.6) is 17.2 Å². The van der Waals surface area contributed by atoms with E-state index < -0.39 is 8.60 Å². The molecule has 0 spiro atoms. The van der Waals surface area contributed by atoms with E-state index in [0.717, 1.165) is 53.2 Å². The normalized spacial score (nSPS) is 11.2. The number of hydrogen-bond acceptors (Lipinski definition) is 3. The fraction of sp³-hybridized carbons (Fsp3) is 0.100. The lowest BCUT2D eigenvalue weighted by Crippen LogP contribution is -2.10. The Hall–Kier alpha value is -7.19. The van der Waals surface area contributed by atoms with Gasteiger partial charge in [0.25, 0.3) is 0 Å². The van der Waals surface area contributed by atoms with Crippen molar-refractivity contribution < 1.29 is 13.6 Å². The average Bonchev–Trinajstić information content (AvgIpc) is 3.37. The molecule has 0 saturated carbocycles. The van der Waals surface area contributed by atoms with Gasteiger partial charge in [-0.1, -0.05) is 237 Å². The first-order chi connectivity index (χ1) is 31.7. The first-order valence-corrected chi connectivity index (χ1v) is 23.2. The van der Waals surface area contributed by atoms with Gasteiger partial charge in [0, 0.05) is 17.8 Å². The minimum Gasteiger partial charge on any atom is -0.408 e. The van der Waals surface area contributed by atoms with Gasteiger partial charge in [-0.3, -0.25) is 0 Å². The molecule has 0 aliphatic rings. The molecule has 0 N–H and O–H groups in total. The van der Waals surface area contributed by atoms with Crippen LogP contribution in [0.1, 0.15) is 67.8 Å². The molecule has 9 aromatic carbocycles. The van der Waals surface area contributed by atoms with Gasteiger partial charge in [0.1, 0.15) is 17.2 Å². The van der Waals surface area contributed by atoms with Crippen molar-refractivity contribution in [1.29, 1.82) is 0 Å². The minimum atomic E-state index is -2.04. The van der Waals surface area contributed by atoms with Crippen molar-refractivity contribution >= 4 is 8.60 Å². The summed E-state index contributed by atoms with van der Waals surface area (Å²) in [6, 6.07) is 89.4. The Morgan fingerprint density at radius 3 is 0.641 bits per heavy atom. The summed E-state index contributed by atoms with van der Waals surface area (Å²) >= 11 is 0. The van der Waals surface area contributed by atoms with Crippen molar-refractivity contribution in [2.75, 3.05) is 0 Å². The van der Waals surface area contributed by atoms with Crippen molar-refractivity contribution in [2.24, 2.45) is 0 Å². The third kappa shape index (κ3) is 10.7. The Morgan fingerprint density at radius 1 is 0.234 bits per heavy atom. The van der Waals surface area contributed by atoms with Gasteiger partial charge >= 0.3 is 8.60 Å². The third-order valence-corrected chi connectivity index (χ3v) is 13.0. The van der Waals surface area contributed by atoms with Gasteiger partial charge in [-0.2, -0.15) is 0 Å². The smallest absolute Gasteiger partial charge is 0.408 e. The van der Waals surface area contributed by atoms with Crippen LogP contribution in [-0.2, 0) is 19.3 Å². The van der Waals surface area contributed by atoms with Crippen molar-refractivity contribution in [3.05, 3.63) is 305 Å². The molecule has 314 valence electrons. The maximum absolute atomic E-state index is 7.11. The fourth-order valence-corrected chi connectivity index (χ4v) is 9.77. The highest BCUT2D eigenvalue weighted by molar-refractivity contribution is 7.43. The van der Waals surface area contributed by atoms with Crippen molar-refractivity contribution in [2.45, 2.75) is 37.0 Å². The van der Waals surface area contributed by atoms with Gasteiger partial charge in [0.05, 0.1) is 0 Å². The van der Waals surface area contributed by atoms with E-state index in [-0.39, 0.29) is 17.8 Å². The molecular formula is C60H51O3P. The lowest BCUT2D eigenvalue weighted by molar-refractivity contribution is 0.382. The molecule has 4 heteroatoms. The zero-order valence-electron chi connectivity index (χ0n) is 35.8. The van der Waals surface area contributed by atoms with E-state index in [1.165, 1.54) is 33.4 Å². The van der Waals surface area contributed by atoms with Crippen LogP contribution in [0.2, 0.25) is 0 Å². The zero-order valence-corrected chi connectivity index (χ0v) is 36.7. The monoisotopic (exact) mass is 850 g/mol. The van der Waals surface area contributed by atoms with Gasteiger partial charge in [0.2, 0.25) is 0 Å². The molecule has 3 nitrogen and oxygen atoms in total. The molecule has 0 fully saturated rings. The molecule has 0 bridgehead atoms. The van der Waals surface area contributed by atoms with Crippen LogP contribution in [-0.4, -0.2) is 0 Å². The standard InChI is InChI=1S/C60H51O3P/c1-7-25-46(26-8-1)55(47-27-9-2-10-28-47)43-52-37-19-22-40-58(52)61-64(62-59-41-23-20-38-53(59)44-56(48-29-11-3-12-30-48)49-31-13-4-14-32-49)63-60-42-24-21-39-54(60)45-57(50-33-15-5-16-34-50)51-35-17-6-18-36-51/h1-42,55-57H,43-45H2. The topological polar surface area (TPSA) is 27.7 Å². The van der Waals surface area contributed by atoms with E-state index in [1.54, 1.807) is 0 Å². The summed E-state index contributed by atoms with van der Waals surface area (Å²) in [6.45, 7) is 0. The van der Waals surface area contributed by atoms with E-state index >= 15 is 0 Å². The Kier molecular flexibility index (Phi) is 14.0.